The summed E-state index contributed by atoms with van der Waals surface area (Å²) in [6.07, 6.45) is -0.675. The third-order valence-electron chi connectivity index (χ3n) is 2.15. The minimum Gasteiger partial charge on any atom is -0.425 e. The first-order valence-corrected chi connectivity index (χ1v) is 5.68. The summed E-state index contributed by atoms with van der Waals surface area (Å²) in [7, 11) is 1.73. The van der Waals surface area contributed by atoms with Crippen molar-refractivity contribution in [1.82, 2.24) is 5.32 Å². The summed E-state index contributed by atoms with van der Waals surface area (Å²) in [4.78, 5) is 22.7. The van der Waals surface area contributed by atoms with Crippen LogP contribution in [0.2, 0.25) is 0 Å². The van der Waals surface area contributed by atoms with Gasteiger partial charge in [-0.1, -0.05) is 13.8 Å². The van der Waals surface area contributed by atoms with Gasteiger partial charge in [0, 0.05) is 13.5 Å². The van der Waals surface area contributed by atoms with Crippen LogP contribution in [-0.4, -0.2) is 37.9 Å². The second-order valence-electron chi connectivity index (χ2n) is 4.12. The van der Waals surface area contributed by atoms with E-state index in [1.54, 1.807) is 7.05 Å². The molecule has 2 atom stereocenters. The Morgan fingerprint density at radius 3 is 2.29 bits per heavy atom. The quantitative estimate of drug-likeness (QED) is 0.486. The summed E-state index contributed by atoms with van der Waals surface area (Å²) >= 11 is 0. The first-order valence-electron chi connectivity index (χ1n) is 5.68. The van der Waals surface area contributed by atoms with E-state index in [0.717, 1.165) is 0 Å². The molecule has 0 saturated heterocycles. The molecule has 0 aromatic carbocycles. The van der Waals surface area contributed by atoms with Gasteiger partial charge in [-0.15, -0.1) is 0 Å². The first-order chi connectivity index (χ1) is 7.88. The second kappa shape index (κ2) is 8.03. The summed E-state index contributed by atoms with van der Waals surface area (Å²) in [6.45, 7) is 5.64. The maximum Gasteiger partial charge on any atom is 0.326 e. The molecule has 0 aliphatic heterocycles. The van der Waals surface area contributed by atoms with Crippen molar-refractivity contribution in [2.45, 2.75) is 39.5 Å². The van der Waals surface area contributed by atoms with Gasteiger partial charge in [-0.05, 0) is 13.0 Å². The fourth-order valence-corrected chi connectivity index (χ4v) is 1.01. The Balaban J connectivity index is 3.96. The SMILES string of the molecule is CNCCC(=O)OC(C)OC(=O)C(N)C(C)C. The van der Waals surface area contributed by atoms with Crippen LogP contribution in [0.5, 0.6) is 0 Å². The highest BCUT2D eigenvalue weighted by atomic mass is 16.7. The fraction of sp³-hybridized carbons (Fsp3) is 0.818. The lowest BCUT2D eigenvalue weighted by Gasteiger charge is -2.18. The highest BCUT2D eigenvalue weighted by Crippen LogP contribution is 2.04. The molecule has 3 N–H and O–H groups in total. The Hall–Kier alpha value is -1.14. The van der Waals surface area contributed by atoms with Crippen LogP contribution in [0.3, 0.4) is 0 Å². The van der Waals surface area contributed by atoms with E-state index in [1.165, 1.54) is 6.92 Å². The molecule has 0 amide bonds. The Morgan fingerprint density at radius 1 is 1.24 bits per heavy atom. The van der Waals surface area contributed by atoms with Crippen molar-refractivity contribution in [2.24, 2.45) is 11.7 Å². The average molecular weight is 246 g/mol. The standard InChI is InChI=1S/C11H22N2O4/c1-7(2)10(12)11(15)17-8(3)16-9(14)5-6-13-4/h7-8,10,13H,5-6,12H2,1-4H3. The number of carbonyl (C=O) groups is 2. The van der Waals surface area contributed by atoms with Crippen molar-refractivity contribution in [2.75, 3.05) is 13.6 Å². The van der Waals surface area contributed by atoms with E-state index in [9.17, 15) is 9.59 Å². The van der Waals surface area contributed by atoms with Crippen molar-refractivity contribution in [1.29, 1.82) is 0 Å². The Kier molecular flexibility index (Phi) is 7.49. The van der Waals surface area contributed by atoms with Crippen LogP contribution in [0.1, 0.15) is 27.2 Å². The molecular formula is C11H22N2O4. The van der Waals surface area contributed by atoms with Crippen LogP contribution in [0, 0.1) is 5.92 Å². The van der Waals surface area contributed by atoms with Gasteiger partial charge in [-0.3, -0.25) is 9.59 Å². The minimum absolute atomic E-state index is 0.0188. The summed E-state index contributed by atoms with van der Waals surface area (Å²) in [6, 6.07) is -0.700. The number of ether oxygens (including phenoxy) is 2. The van der Waals surface area contributed by atoms with Crippen LogP contribution in [0.4, 0.5) is 0 Å². The molecule has 0 radical (unpaired) electrons. The molecule has 0 aromatic rings. The van der Waals surface area contributed by atoms with Gasteiger partial charge >= 0.3 is 11.9 Å². The van der Waals surface area contributed by atoms with Crippen molar-refractivity contribution in [3.05, 3.63) is 0 Å². The van der Waals surface area contributed by atoms with Crippen molar-refractivity contribution >= 4 is 11.9 Å². The lowest BCUT2D eigenvalue weighted by molar-refractivity contribution is -0.185. The zero-order valence-electron chi connectivity index (χ0n) is 10.9. The molecule has 0 aliphatic rings. The van der Waals surface area contributed by atoms with Crippen LogP contribution in [-0.2, 0) is 19.1 Å². The van der Waals surface area contributed by atoms with Gasteiger partial charge in [-0.2, -0.15) is 0 Å². The Labute approximate surface area is 102 Å². The average Bonchev–Trinajstić information content (AvgIpc) is 2.24. The summed E-state index contributed by atoms with van der Waals surface area (Å²) in [5.74, 6) is -0.999. The van der Waals surface area contributed by atoms with E-state index in [4.69, 9.17) is 15.2 Å². The highest BCUT2D eigenvalue weighted by molar-refractivity contribution is 5.76. The topological polar surface area (TPSA) is 90.6 Å². The third kappa shape index (κ3) is 6.91. The molecule has 0 aliphatic carbocycles. The zero-order valence-corrected chi connectivity index (χ0v) is 10.9. The van der Waals surface area contributed by atoms with Gasteiger partial charge in [0.1, 0.15) is 6.04 Å². The number of rotatable bonds is 7. The molecule has 0 aromatic heterocycles. The first kappa shape index (κ1) is 15.9. The van der Waals surface area contributed by atoms with Crippen LogP contribution >= 0.6 is 0 Å². The maximum absolute atomic E-state index is 11.4. The lowest BCUT2D eigenvalue weighted by Crippen LogP contribution is -2.39. The largest absolute Gasteiger partial charge is 0.425 e. The molecule has 100 valence electrons. The minimum atomic E-state index is -0.906. The maximum atomic E-state index is 11.4. The summed E-state index contributed by atoms with van der Waals surface area (Å²) in [5.41, 5.74) is 5.59. The number of hydrogen-bond acceptors (Lipinski definition) is 6. The molecule has 0 bridgehead atoms. The van der Waals surface area contributed by atoms with E-state index in [1.807, 2.05) is 13.8 Å². The van der Waals surface area contributed by atoms with Gasteiger partial charge in [0.25, 0.3) is 0 Å². The molecule has 0 fully saturated rings. The smallest absolute Gasteiger partial charge is 0.326 e. The molecule has 0 saturated carbocycles. The van der Waals surface area contributed by atoms with Crippen LogP contribution in [0.25, 0.3) is 0 Å². The van der Waals surface area contributed by atoms with Gasteiger partial charge in [0.15, 0.2) is 0 Å². The molecule has 0 rings (SSSR count). The second-order valence-corrected chi connectivity index (χ2v) is 4.12. The normalized spacial score (nSPS) is 14.2. The zero-order chi connectivity index (χ0) is 13.4. The fourth-order valence-electron chi connectivity index (χ4n) is 1.01. The predicted octanol–water partition coefficient (Wildman–Crippen LogP) is 0.0116. The molecule has 6 heteroatoms. The van der Waals surface area contributed by atoms with Crippen LogP contribution in [0.15, 0.2) is 0 Å². The van der Waals surface area contributed by atoms with E-state index >= 15 is 0 Å². The van der Waals surface area contributed by atoms with Crippen molar-refractivity contribution in [3.8, 4) is 0 Å². The van der Waals surface area contributed by atoms with Crippen LogP contribution < -0.4 is 11.1 Å². The highest BCUT2D eigenvalue weighted by Gasteiger charge is 2.22. The molecule has 17 heavy (non-hydrogen) atoms. The Bertz CT molecular complexity index is 256. The molecule has 0 heterocycles. The van der Waals surface area contributed by atoms with Gasteiger partial charge in [0.2, 0.25) is 6.29 Å². The number of carbonyl (C=O) groups excluding carboxylic acids is 2. The monoisotopic (exact) mass is 246 g/mol. The number of nitrogens with two attached hydrogens (primary N) is 1. The van der Waals surface area contributed by atoms with E-state index in [-0.39, 0.29) is 12.3 Å². The van der Waals surface area contributed by atoms with E-state index < -0.39 is 24.3 Å². The molecule has 2 unspecified atom stereocenters. The third-order valence-corrected chi connectivity index (χ3v) is 2.15. The molecular weight excluding hydrogens is 224 g/mol. The number of esters is 2. The predicted molar refractivity (Wildman–Crippen MR) is 63.0 cm³/mol. The lowest BCUT2D eigenvalue weighted by atomic mass is 10.1. The molecule has 6 nitrogen and oxygen atoms in total. The van der Waals surface area contributed by atoms with Gasteiger partial charge in [-0.25, -0.2) is 0 Å². The van der Waals surface area contributed by atoms with E-state index in [2.05, 4.69) is 5.32 Å². The van der Waals surface area contributed by atoms with E-state index in [0.29, 0.717) is 6.54 Å². The summed E-state index contributed by atoms with van der Waals surface area (Å²) in [5, 5.41) is 2.82. The summed E-state index contributed by atoms with van der Waals surface area (Å²) < 4.78 is 9.77. The number of hydrogen-bond donors (Lipinski definition) is 2. The van der Waals surface area contributed by atoms with Crippen molar-refractivity contribution < 1.29 is 19.1 Å². The molecule has 0 spiro atoms. The van der Waals surface area contributed by atoms with Gasteiger partial charge in [0.05, 0.1) is 6.42 Å². The van der Waals surface area contributed by atoms with Crippen molar-refractivity contribution in [3.63, 3.8) is 0 Å². The van der Waals surface area contributed by atoms with Gasteiger partial charge < -0.3 is 20.5 Å². The number of nitrogens with one attached hydrogen (secondary N) is 1. The Morgan fingerprint density at radius 2 is 1.82 bits per heavy atom.